The summed E-state index contributed by atoms with van der Waals surface area (Å²) in [6, 6.07) is 0.564. The van der Waals surface area contributed by atoms with Gasteiger partial charge in [0, 0.05) is 13.2 Å². The molecule has 1 rings (SSSR count). The molecule has 0 amide bonds. The van der Waals surface area contributed by atoms with Gasteiger partial charge in [-0.25, -0.2) is 0 Å². The van der Waals surface area contributed by atoms with Crippen LogP contribution >= 0.6 is 0 Å². The molecule has 1 N–H and O–H groups in total. The van der Waals surface area contributed by atoms with Gasteiger partial charge >= 0.3 is 0 Å². The largest absolute Gasteiger partial charge is 0.380 e. The van der Waals surface area contributed by atoms with E-state index in [4.69, 9.17) is 4.74 Å². The van der Waals surface area contributed by atoms with Gasteiger partial charge in [0.2, 0.25) is 0 Å². The van der Waals surface area contributed by atoms with E-state index in [1.807, 2.05) is 7.11 Å². The molecule has 2 nitrogen and oxygen atoms in total. The molecule has 13 heavy (non-hydrogen) atoms. The highest BCUT2D eigenvalue weighted by atomic mass is 16.5. The summed E-state index contributed by atoms with van der Waals surface area (Å²) < 4.78 is 5.55. The molecule has 1 aliphatic carbocycles. The van der Waals surface area contributed by atoms with Gasteiger partial charge in [0.1, 0.15) is 0 Å². The lowest BCUT2D eigenvalue weighted by atomic mass is 9.78. The van der Waals surface area contributed by atoms with Gasteiger partial charge in [-0.15, -0.1) is 0 Å². The van der Waals surface area contributed by atoms with Gasteiger partial charge in [-0.3, -0.25) is 0 Å². The Morgan fingerprint density at radius 1 is 1.31 bits per heavy atom. The molecule has 78 valence electrons. The van der Waals surface area contributed by atoms with Crippen molar-refractivity contribution in [1.29, 1.82) is 0 Å². The lowest BCUT2D eigenvalue weighted by Gasteiger charge is -2.39. The number of rotatable bonds is 3. The maximum Gasteiger partial charge on any atom is 0.0749 e. The zero-order valence-corrected chi connectivity index (χ0v) is 9.34. The van der Waals surface area contributed by atoms with E-state index >= 15 is 0 Å². The standard InChI is InChI=1S/C11H23NO/c1-5-12-10-7-8(2)6-9(3)11(10)13-4/h8-12H,5-7H2,1-4H3. The molecule has 1 aliphatic rings. The van der Waals surface area contributed by atoms with Crippen LogP contribution in [0.2, 0.25) is 0 Å². The second-order valence-corrected chi connectivity index (χ2v) is 4.42. The van der Waals surface area contributed by atoms with E-state index in [2.05, 4.69) is 26.1 Å². The number of ether oxygens (including phenoxy) is 1. The van der Waals surface area contributed by atoms with Crippen LogP contribution in [0, 0.1) is 11.8 Å². The smallest absolute Gasteiger partial charge is 0.0749 e. The van der Waals surface area contributed by atoms with Crippen LogP contribution in [0.25, 0.3) is 0 Å². The maximum atomic E-state index is 5.55. The Bertz CT molecular complexity index is 149. The first-order valence-corrected chi connectivity index (χ1v) is 5.45. The molecule has 2 heteroatoms. The average Bonchev–Trinajstić information content (AvgIpc) is 2.04. The average molecular weight is 185 g/mol. The number of likely N-dealkylation sites (N-methyl/N-ethyl adjacent to an activating group) is 1. The molecular formula is C11H23NO. The fourth-order valence-electron chi connectivity index (χ4n) is 2.69. The highest BCUT2D eigenvalue weighted by molar-refractivity contribution is 4.88. The molecular weight excluding hydrogens is 162 g/mol. The third-order valence-corrected chi connectivity index (χ3v) is 3.13. The van der Waals surface area contributed by atoms with Gasteiger partial charge in [0.25, 0.3) is 0 Å². The quantitative estimate of drug-likeness (QED) is 0.726. The topological polar surface area (TPSA) is 21.3 Å². The summed E-state index contributed by atoms with van der Waals surface area (Å²) in [4.78, 5) is 0. The lowest BCUT2D eigenvalue weighted by molar-refractivity contribution is -0.00847. The van der Waals surface area contributed by atoms with E-state index in [-0.39, 0.29) is 0 Å². The third kappa shape index (κ3) is 2.68. The summed E-state index contributed by atoms with van der Waals surface area (Å²) in [5.74, 6) is 1.53. The first-order valence-electron chi connectivity index (χ1n) is 5.45. The van der Waals surface area contributed by atoms with Gasteiger partial charge in [0.15, 0.2) is 0 Å². The first kappa shape index (κ1) is 11.0. The van der Waals surface area contributed by atoms with Crippen molar-refractivity contribution in [3.05, 3.63) is 0 Å². The SMILES string of the molecule is CCNC1CC(C)CC(C)C1OC. The Hall–Kier alpha value is -0.0800. The minimum atomic E-state index is 0.413. The first-order chi connectivity index (χ1) is 6.19. The van der Waals surface area contributed by atoms with Crippen molar-refractivity contribution in [2.45, 2.75) is 45.8 Å². The molecule has 4 unspecified atom stereocenters. The molecule has 4 atom stereocenters. The summed E-state index contributed by atoms with van der Waals surface area (Å²) in [5, 5.41) is 3.52. The Balaban J connectivity index is 2.54. The van der Waals surface area contributed by atoms with Crippen LogP contribution in [-0.2, 0) is 4.74 Å². The Labute approximate surface area is 82.0 Å². The van der Waals surface area contributed by atoms with E-state index < -0.39 is 0 Å². The monoisotopic (exact) mass is 185 g/mol. The fourth-order valence-corrected chi connectivity index (χ4v) is 2.69. The third-order valence-electron chi connectivity index (χ3n) is 3.13. The number of hydrogen-bond donors (Lipinski definition) is 1. The van der Waals surface area contributed by atoms with Crippen molar-refractivity contribution in [2.24, 2.45) is 11.8 Å². The zero-order valence-electron chi connectivity index (χ0n) is 9.34. The number of nitrogens with one attached hydrogen (secondary N) is 1. The summed E-state index contributed by atoms with van der Waals surface area (Å²) in [5.41, 5.74) is 0. The van der Waals surface area contributed by atoms with Crippen LogP contribution in [0.1, 0.15) is 33.6 Å². The van der Waals surface area contributed by atoms with Crippen molar-refractivity contribution in [3.63, 3.8) is 0 Å². The molecule has 0 aromatic heterocycles. The molecule has 0 saturated heterocycles. The summed E-state index contributed by atoms with van der Waals surface area (Å²) in [7, 11) is 1.83. The summed E-state index contributed by atoms with van der Waals surface area (Å²) in [6.07, 6.45) is 2.98. The number of methoxy groups -OCH3 is 1. The van der Waals surface area contributed by atoms with Gasteiger partial charge in [-0.2, -0.15) is 0 Å². The van der Waals surface area contributed by atoms with E-state index in [0.29, 0.717) is 18.1 Å². The minimum absolute atomic E-state index is 0.413. The van der Waals surface area contributed by atoms with Gasteiger partial charge in [0.05, 0.1) is 6.10 Å². The van der Waals surface area contributed by atoms with Crippen molar-refractivity contribution in [2.75, 3.05) is 13.7 Å². The summed E-state index contributed by atoms with van der Waals surface area (Å²) >= 11 is 0. The highest BCUT2D eigenvalue weighted by Gasteiger charge is 2.33. The summed E-state index contributed by atoms with van der Waals surface area (Å²) in [6.45, 7) is 7.85. The van der Waals surface area contributed by atoms with Crippen LogP contribution in [0.4, 0.5) is 0 Å². The molecule has 0 spiro atoms. The van der Waals surface area contributed by atoms with E-state index in [9.17, 15) is 0 Å². The predicted octanol–water partition coefficient (Wildman–Crippen LogP) is 2.05. The lowest BCUT2D eigenvalue weighted by Crippen LogP contribution is -2.48. The molecule has 1 saturated carbocycles. The molecule has 0 aliphatic heterocycles. The zero-order chi connectivity index (χ0) is 9.84. The van der Waals surface area contributed by atoms with Gasteiger partial charge in [-0.05, 0) is 31.2 Å². The molecule has 0 radical (unpaired) electrons. The Morgan fingerprint density at radius 2 is 2.00 bits per heavy atom. The minimum Gasteiger partial charge on any atom is -0.380 e. The van der Waals surface area contributed by atoms with E-state index in [0.717, 1.165) is 12.5 Å². The maximum absolute atomic E-state index is 5.55. The molecule has 0 bridgehead atoms. The van der Waals surface area contributed by atoms with Crippen LogP contribution < -0.4 is 5.32 Å². The van der Waals surface area contributed by atoms with Crippen LogP contribution in [0.15, 0.2) is 0 Å². The van der Waals surface area contributed by atoms with Crippen molar-refractivity contribution >= 4 is 0 Å². The molecule has 0 aromatic rings. The Kier molecular flexibility index (Phi) is 4.20. The van der Waals surface area contributed by atoms with Crippen LogP contribution in [0.3, 0.4) is 0 Å². The second-order valence-electron chi connectivity index (χ2n) is 4.42. The fraction of sp³-hybridized carbons (Fsp3) is 1.00. The normalized spacial score (nSPS) is 40.6. The predicted molar refractivity (Wildman–Crippen MR) is 55.8 cm³/mol. The van der Waals surface area contributed by atoms with Crippen molar-refractivity contribution in [1.82, 2.24) is 5.32 Å². The highest BCUT2D eigenvalue weighted by Crippen LogP contribution is 2.30. The Morgan fingerprint density at radius 3 is 2.54 bits per heavy atom. The van der Waals surface area contributed by atoms with Crippen molar-refractivity contribution < 1.29 is 4.74 Å². The molecule has 1 fully saturated rings. The van der Waals surface area contributed by atoms with E-state index in [1.54, 1.807) is 0 Å². The van der Waals surface area contributed by atoms with Crippen LogP contribution in [0.5, 0.6) is 0 Å². The second kappa shape index (κ2) is 4.97. The number of hydrogen-bond acceptors (Lipinski definition) is 2. The van der Waals surface area contributed by atoms with Crippen molar-refractivity contribution in [3.8, 4) is 0 Å². The van der Waals surface area contributed by atoms with Crippen LogP contribution in [-0.4, -0.2) is 25.8 Å². The van der Waals surface area contributed by atoms with Gasteiger partial charge in [-0.1, -0.05) is 20.8 Å². The van der Waals surface area contributed by atoms with Gasteiger partial charge < -0.3 is 10.1 Å². The van der Waals surface area contributed by atoms with E-state index in [1.165, 1.54) is 12.8 Å². The molecule has 0 heterocycles. The molecule has 0 aromatic carbocycles.